The third-order valence-electron chi connectivity index (χ3n) is 0.946. The molecule has 9 heavy (non-hydrogen) atoms. The first kappa shape index (κ1) is 9.64. The molecule has 0 fully saturated rings. The Kier molecular flexibility index (Phi) is 7.24. The largest absolute Gasteiger partial charge is 0.338 e. The molecule has 0 radical (unpaired) electrons. The Morgan fingerprint density at radius 3 is 2.67 bits per heavy atom. The van der Waals surface area contributed by atoms with Gasteiger partial charge >= 0.3 is 0 Å². The van der Waals surface area contributed by atoms with Crippen molar-refractivity contribution < 1.29 is 9.42 Å². The molecule has 56 valence electrons. The van der Waals surface area contributed by atoms with Gasteiger partial charge in [-0.3, -0.25) is 0 Å². The summed E-state index contributed by atoms with van der Waals surface area (Å²) >= 11 is 5.15. The zero-order chi connectivity index (χ0) is 7.11. The minimum Gasteiger partial charge on any atom is -0.338 e. The number of hydrogen-bond donors (Lipinski definition) is 1. The monoisotopic (exact) mass is 170 g/mol. The first-order valence-corrected chi connectivity index (χ1v) is 5.16. The van der Waals surface area contributed by atoms with E-state index < -0.39 is 7.73 Å². The molecule has 0 aromatic carbocycles. The predicted octanol–water partition coefficient (Wildman–Crippen LogP) is 2.65. The number of hydrogen-bond acceptors (Lipinski definition) is 2. The van der Waals surface area contributed by atoms with Crippen LogP contribution in [-0.2, 0) is 4.52 Å². The number of unbranched alkanes of at least 4 members (excludes halogenated alkanes) is 2. The fraction of sp³-hybridized carbons (Fsp3) is 1.00. The fourth-order valence-electron chi connectivity index (χ4n) is 0.492. The van der Waals surface area contributed by atoms with Crippen LogP contribution in [0.3, 0.4) is 0 Å². The molecule has 0 aromatic heterocycles. The smallest absolute Gasteiger partial charge is 0.274 e. The van der Waals surface area contributed by atoms with E-state index in [2.05, 4.69) is 6.92 Å². The molecule has 0 bridgehead atoms. The van der Waals surface area contributed by atoms with Crippen LogP contribution in [0.25, 0.3) is 0 Å². The second kappa shape index (κ2) is 6.76. The summed E-state index contributed by atoms with van der Waals surface area (Å²) in [6, 6.07) is 0. The molecule has 0 aromatic rings. The lowest BCUT2D eigenvalue weighted by molar-refractivity contribution is 0.310. The molecular formula is C5H12ClO2P. The Bertz CT molecular complexity index is 60.9. The van der Waals surface area contributed by atoms with Crippen molar-refractivity contribution in [1.29, 1.82) is 0 Å². The van der Waals surface area contributed by atoms with Gasteiger partial charge in [0.05, 0.1) is 6.61 Å². The Hall–Kier alpha value is 0.640. The molecule has 0 saturated heterocycles. The van der Waals surface area contributed by atoms with Crippen LogP contribution in [0.5, 0.6) is 0 Å². The first-order chi connectivity index (χ1) is 4.27. The zero-order valence-electron chi connectivity index (χ0n) is 5.51. The lowest BCUT2D eigenvalue weighted by atomic mass is 10.3. The molecule has 1 atom stereocenters. The molecule has 0 aliphatic heterocycles. The zero-order valence-corrected chi connectivity index (χ0v) is 7.16. The van der Waals surface area contributed by atoms with Gasteiger partial charge in [0.25, 0.3) is 7.73 Å². The van der Waals surface area contributed by atoms with Crippen LogP contribution < -0.4 is 0 Å². The van der Waals surface area contributed by atoms with Crippen LogP contribution in [0, 0.1) is 0 Å². The maximum atomic E-state index is 8.46. The summed E-state index contributed by atoms with van der Waals surface area (Å²) in [5.41, 5.74) is 0. The summed E-state index contributed by atoms with van der Waals surface area (Å²) in [5.74, 6) is 0. The normalized spacial score (nSPS) is 13.7. The highest BCUT2D eigenvalue weighted by atomic mass is 35.7. The van der Waals surface area contributed by atoms with Crippen LogP contribution in [0.4, 0.5) is 0 Å². The number of halogens is 1. The van der Waals surface area contributed by atoms with Crippen molar-refractivity contribution in [2.75, 3.05) is 6.61 Å². The minimum absolute atomic E-state index is 0.583. The van der Waals surface area contributed by atoms with E-state index in [4.69, 9.17) is 20.7 Å². The van der Waals surface area contributed by atoms with E-state index in [1.165, 1.54) is 0 Å². The van der Waals surface area contributed by atoms with E-state index in [0.29, 0.717) is 6.61 Å². The van der Waals surface area contributed by atoms with Gasteiger partial charge in [-0.05, 0) is 17.7 Å². The Morgan fingerprint density at radius 2 is 2.22 bits per heavy atom. The van der Waals surface area contributed by atoms with Gasteiger partial charge in [-0.2, -0.15) is 0 Å². The predicted molar refractivity (Wildman–Crippen MR) is 40.5 cm³/mol. The van der Waals surface area contributed by atoms with Crippen molar-refractivity contribution in [1.82, 2.24) is 0 Å². The van der Waals surface area contributed by atoms with Crippen LogP contribution in [0.15, 0.2) is 0 Å². The molecule has 0 spiro atoms. The van der Waals surface area contributed by atoms with E-state index >= 15 is 0 Å². The Morgan fingerprint density at radius 1 is 1.56 bits per heavy atom. The van der Waals surface area contributed by atoms with Gasteiger partial charge in [-0.15, -0.1) is 0 Å². The summed E-state index contributed by atoms with van der Waals surface area (Å²) in [5, 5.41) is 0. The highest BCUT2D eigenvalue weighted by Crippen LogP contribution is 2.36. The summed E-state index contributed by atoms with van der Waals surface area (Å²) < 4.78 is 4.73. The van der Waals surface area contributed by atoms with Gasteiger partial charge in [-0.25, -0.2) is 0 Å². The van der Waals surface area contributed by atoms with Gasteiger partial charge < -0.3 is 9.42 Å². The van der Waals surface area contributed by atoms with E-state index in [1.807, 2.05) is 0 Å². The summed E-state index contributed by atoms with van der Waals surface area (Å²) in [6.07, 6.45) is 3.29. The molecule has 0 aliphatic rings. The van der Waals surface area contributed by atoms with Crippen molar-refractivity contribution >= 4 is 19.0 Å². The van der Waals surface area contributed by atoms with Gasteiger partial charge in [0, 0.05) is 0 Å². The van der Waals surface area contributed by atoms with Gasteiger partial charge in [-0.1, -0.05) is 19.8 Å². The van der Waals surface area contributed by atoms with Gasteiger partial charge in [0.1, 0.15) is 0 Å². The SMILES string of the molecule is CCCCCOP(O)Cl. The summed E-state index contributed by atoms with van der Waals surface area (Å²) in [4.78, 5) is 8.46. The fourth-order valence-corrected chi connectivity index (χ4v) is 0.979. The van der Waals surface area contributed by atoms with Crippen molar-refractivity contribution in [2.24, 2.45) is 0 Å². The van der Waals surface area contributed by atoms with Gasteiger partial charge in [0.2, 0.25) is 0 Å². The van der Waals surface area contributed by atoms with Crippen molar-refractivity contribution in [3.05, 3.63) is 0 Å². The third kappa shape index (κ3) is 8.64. The average Bonchev–Trinajstić information content (AvgIpc) is 1.80. The lowest BCUT2D eigenvalue weighted by Gasteiger charge is -2.00. The lowest BCUT2D eigenvalue weighted by Crippen LogP contribution is -1.85. The van der Waals surface area contributed by atoms with E-state index in [1.54, 1.807) is 0 Å². The van der Waals surface area contributed by atoms with Crippen LogP contribution in [-0.4, -0.2) is 11.5 Å². The second-order valence-electron chi connectivity index (χ2n) is 1.77. The first-order valence-electron chi connectivity index (χ1n) is 3.05. The standard InChI is InChI=1S/C5H12ClO2P/c1-2-3-4-5-8-9(6)7/h7H,2-5H2,1H3. The second-order valence-corrected chi connectivity index (χ2v) is 3.34. The molecule has 0 amide bonds. The van der Waals surface area contributed by atoms with Crippen molar-refractivity contribution in [3.8, 4) is 0 Å². The molecule has 0 saturated carbocycles. The molecule has 0 heterocycles. The highest BCUT2D eigenvalue weighted by molar-refractivity contribution is 7.75. The molecule has 0 rings (SSSR count). The van der Waals surface area contributed by atoms with E-state index in [9.17, 15) is 0 Å². The van der Waals surface area contributed by atoms with Crippen molar-refractivity contribution in [2.45, 2.75) is 26.2 Å². The molecule has 1 N–H and O–H groups in total. The van der Waals surface area contributed by atoms with Crippen LogP contribution in [0.2, 0.25) is 0 Å². The van der Waals surface area contributed by atoms with E-state index in [-0.39, 0.29) is 0 Å². The maximum absolute atomic E-state index is 8.46. The topological polar surface area (TPSA) is 29.5 Å². The Balaban J connectivity index is 2.75. The molecule has 4 heteroatoms. The molecule has 1 unspecified atom stereocenters. The quantitative estimate of drug-likeness (QED) is 0.508. The molecular weight excluding hydrogens is 158 g/mol. The van der Waals surface area contributed by atoms with Crippen LogP contribution >= 0.6 is 19.0 Å². The van der Waals surface area contributed by atoms with E-state index in [0.717, 1.165) is 19.3 Å². The minimum atomic E-state index is -1.64. The Labute approximate surface area is 61.9 Å². The summed E-state index contributed by atoms with van der Waals surface area (Å²) in [6.45, 7) is 2.70. The maximum Gasteiger partial charge on any atom is 0.274 e. The van der Waals surface area contributed by atoms with Crippen LogP contribution in [0.1, 0.15) is 26.2 Å². The van der Waals surface area contributed by atoms with Gasteiger partial charge in [0.15, 0.2) is 0 Å². The van der Waals surface area contributed by atoms with Crippen molar-refractivity contribution in [3.63, 3.8) is 0 Å². The highest BCUT2D eigenvalue weighted by Gasteiger charge is 1.96. The average molecular weight is 171 g/mol. The third-order valence-corrected chi connectivity index (χ3v) is 1.63. The summed E-state index contributed by atoms with van der Waals surface area (Å²) in [7, 11) is -1.64. The molecule has 0 aliphatic carbocycles. The molecule has 2 nitrogen and oxygen atoms in total. The number of rotatable bonds is 5.